The highest BCUT2D eigenvalue weighted by Crippen LogP contribution is 2.17. The summed E-state index contributed by atoms with van der Waals surface area (Å²) in [5.74, 6) is 1.41. The summed E-state index contributed by atoms with van der Waals surface area (Å²) in [5, 5.41) is 4.89. The van der Waals surface area contributed by atoms with Gasteiger partial charge >= 0.3 is 0 Å². The maximum absolute atomic E-state index is 12.3. The zero-order valence-electron chi connectivity index (χ0n) is 13.6. The molecule has 0 aliphatic carbocycles. The van der Waals surface area contributed by atoms with Crippen LogP contribution in [0.1, 0.15) is 16.1 Å². The molecule has 0 saturated carbocycles. The van der Waals surface area contributed by atoms with Gasteiger partial charge in [0.05, 0.1) is 11.2 Å². The molecule has 0 radical (unpaired) electrons. The molecule has 6 heteroatoms. The highest BCUT2D eigenvalue weighted by molar-refractivity contribution is 7.99. The lowest BCUT2D eigenvalue weighted by atomic mass is 10.2. The third-order valence-electron chi connectivity index (χ3n) is 3.37. The Morgan fingerprint density at radius 2 is 2.04 bits per heavy atom. The van der Waals surface area contributed by atoms with Gasteiger partial charge < -0.3 is 10.1 Å². The van der Waals surface area contributed by atoms with Crippen molar-refractivity contribution in [3.8, 4) is 5.75 Å². The van der Waals surface area contributed by atoms with Crippen LogP contribution in [-0.2, 0) is 6.61 Å². The normalized spacial score (nSPS) is 10.4. The van der Waals surface area contributed by atoms with E-state index in [1.54, 1.807) is 29.4 Å². The molecule has 4 nitrogen and oxygen atoms in total. The number of benzene rings is 2. The molecule has 25 heavy (non-hydrogen) atoms. The van der Waals surface area contributed by atoms with Gasteiger partial charge in [0, 0.05) is 28.1 Å². The smallest absolute Gasteiger partial charge is 0.251 e. The van der Waals surface area contributed by atoms with Crippen molar-refractivity contribution >= 4 is 29.0 Å². The summed E-state index contributed by atoms with van der Waals surface area (Å²) in [4.78, 5) is 17.6. The van der Waals surface area contributed by atoms with Gasteiger partial charge in [-0.15, -0.1) is 23.1 Å². The van der Waals surface area contributed by atoms with Gasteiger partial charge in [-0.1, -0.05) is 24.3 Å². The lowest BCUT2D eigenvalue weighted by molar-refractivity contribution is 0.0955. The van der Waals surface area contributed by atoms with Crippen molar-refractivity contribution in [2.24, 2.45) is 0 Å². The first-order valence-electron chi connectivity index (χ1n) is 7.87. The molecule has 0 bridgehead atoms. The Morgan fingerprint density at radius 1 is 1.16 bits per heavy atom. The first-order chi connectivity index (χ1) is 12.3. The van der Waals surface area contributed by atoms with E-state index in [0.29, 0.717) is 24.5 Å². The number of carbonyl (C=O) groups is 1. The SMILES string of the molecule is O=C(NCCSc1ccccc1)c1cccc(OCc2cscn2)c1. The Bertz CT molecular complexity index is 792. The maximum Gasteiger partial charge on any atom is 0.251 e. The molecule has 1 heterocycles. The second kappa shape index (κ2) is 9.25. The fourth-order valence-electron chi connectivity index (χ4n) is 2.15. The molecular weight excluding hydrogens is 352 g/mol. The highest BCUT2D eigenvalue weighted by atomic mass is 32.2. The molecule has 1 amide bonds. The van der Waals surface area contributed by atoms with Gasteiger partial charge in [0.25, 0.3) is 5.91 Å². The summed E-state index contributed by atoms with van der Waals surface area (Å²) in [5.41, 5.74) is 3.26. The van der Waals surface area contributed by atoms with E-state index in [0.717, 1.165) is 11.4 Å². The molecule has 1 N–H and O–H groups in total. The molecular formula is C19H18N2O2S2. The van der Waals surface area contributed by atoms with E-state index < -0.39 is 0 Å². The highest BCUT2D eigenvalue weighted by Gasteiger charge is 2.07. The standard InChI is InChI=1S/C19H18N2O2S2/c22-19(20-9-10-25-18-7-2-1-3-8-18)15-5-4-6-17(11-15)23-12-16-13-24-14-21-16/h1-8,11,13-14H,9-10,12H2,(H,20,22). The second-order valence-corrected chi connectivity index (χ2v) is 7.10. The number of carbonyl (C=O) groups excluding carboxylic acids is 1. The van der Waals surface area contributed by atoms with E-state index in [2.05, 4.69) is 22.4 Å². The van der Waals surface area contributed by atoms with E-state index in [1.807, 2.05) is 35.7 Å². The number of nitrogens with one attached hydrogen (secondary N) is 1. The first kappa shape index (κ1) is 17.5. The average Bonchev–Trinajstić information content (AvgIpc) is 3.18. The predicted molar refractivity (Wildman–Crippen MR) is 102 cm³/mol. The van der Waals surface area contributed by atoms with Gasteiger partial charge in [-0.25, -0.2) is 4.98 Å². The van der Waals surface area contributed by atoms with Gasteiger partial charge in [-0.2, -0.15) is 0 Å². The summed E-state index contributed by atoms with van der Waals surface area (Å²) in [6, 6.07) is 17.4. The molecule has 2 aromatic carbocycles. The molecule has 3 aromatic rings. The van der Waals surface area contributed by atoms with Crippen LogP contribution in [0.5, 0.6) is 5.75 Å². The minimum atomic E-state index is -0.0900. The van der Waals surface area contributed by atoms with Crippen LogP contribution in [0.25, 0.3) is 0 Å². The minimum Gasteiger partial charge on any atom is -0.487 e. The minimum absolute atomic E-state index is 0.0900. The lowest BCUT2D eigenvalue weighted by Crippen LogP contribution is -2.25. The number of aromatic nitrogens is 1. The molecule has 0 fully saturated rings. The van der Waals surface area contributed by atoms with E-state index in [1.165, 1.54) is 16.2 Å². The molecule has 0 spiro atoms. The molecule has 0 unspecified atom stereocenters. The van der Waals surface area contributed by atoms with Gasteiger partial charge in [-0.05, 0) is 30.3 Å². The fraction of sp³-hybridized carbons (Fsp3) is 0.158. The summed E-state index contributed by atoms with van der Waals surface area (Å²) in [7, 11) is 0. The van der Waals surface area contributed by atoms with Crippen molar-refractivity contribution in [1.29, 1.82) is 0 Å². The van der Waals surface area contributed by atoms with Crippen molar-refractivity contribution < 1.29 is 9.53 Å². The Balaban J connectivity index is 1.46. The predicted octanol–water partition coefficient (Wildman–Crippen LogP) is 4.24. The van der Waals surface area contributed by atoms with Crippen molar-refractivity contribution in [2.75, 3.05) is 12.3 Å². The van der Waals surface area contributed by atoms with Gasteiger partial charge in [-0.3, -0.25) is 4.79 Å². The number of thioether (sulfide) groups is 1. The number of nitrogens with zero attached hydrogens (tertiary/aromatic N) is 1. The van der Waals surface area contributed by atoms with E-state index in [4.69, 9.17) is 4.74 Å². The van der Waals surface area contributed by atoms with Crippen LogP contribution < -0.4 is 10.1 Å². The number of thiazole rings is 1. The number of rotatable bonds is 8. The topological polar surface area (TPSA) is 51.2 Å². The van der Waals surface area contributed by atoms with E-state index in [9.17, 15) is 4.79 Å². The van der Waals surface area contributed by atoms with Crippen molar-refractivity contribution in [3.63, 3.8) is 0 Å². The van der Waals surface area contributed by atoms with E-state index >= 15 is 0 Å². The van der Waals surface area contributed by atoms with Gasteiger partial charge in [0.1, 0.15) is 12.4 Å². The Morgan fingerprint density at radius 3 is 2.84 bits per heavy atom. The molecule has 1 aromatic heterocycles. The van der Waals surface area contributed by atoms with Crippen molar-refractivity contribution in [3.05, 3.63) is 76.7 Å². The third kappa shape index (κ3) is 5.62. The Labute approximate surface area is 155 Å². The average molecular weight is 370 g/mol. The van der Waals surface area contributed by atoms with Crippen molar-refractivity contribution in [1.82, 2.24) is 10.3 Å². The molecule has 0 saturated heterocycles. The molecule has 3 rings (SSSR count). The third-order valence-corrected chi connectivity index (χ3v) is 5.01. The quantitative estimate of drug-likeness (QED) is 0.476. The zero-order chi connectivity index (χ0) is 17.3. The summed E-state index contributed by atoms with van der Waals surface area (Å²) < 4.78 is 5.68. The number of amides is 1. The molecule has 128 valence electrons. The molecule has 0 atom stereocenters. The van der Waals surface area contributed by atoms with Crippen LogP contribution in [-0.4, -0.2) is 23.2 Å². The maximum atomic E-state index is 12.3. The Hall–Kier alpha value is -2.31. The Kier molecular flexibility index (Phi) is 6.48. The first-order valence-corrected chi connectivity index (χ1v) is 9.80. The fourth-order valence-corrected chi connectivity index (χ4v) is 3.48. The summed E-state index contributed by atoms with van der Waals surface area (Å²) in [6.07, 6.45) is 0. The van der Waals surface area contributed by atoms with Gasteiger partial charge in [0.2, 0.25) is 0 Å². The van der Waals surface area contributed by atoms with E-state index in [-0.39, 0.29) is 5.91 Å². The molecule has 0 aliphatic heterocycles. The number of ether oxygens (including phenoxy) is 1. The zero-order valence-corrected chi connectivity index (χ0v) is 15.2. The number of hydrogen-bond acceptors (Lipinski definition) is 5. The second-order valence-electron chi connectivity index (χ2n) is 5.21. The van der Waals surface area contributed by atoms with Crippen LogP contribution in [0.15, 0.2) is 70.4 Å². The van der Waals surface area contributed by atoms with Crippen molar-refractivity contribution in [2.45, 2.75) is 11.5 Å². The lowest BCUT2D eigenvalue weighted by Gasteiger charge is -2.08. The van der Waals surface area contributed by atoms with Gasteiger partial charge in [0.15, 0.2) is 0 Å². The van der Waals surface area contributed by atoms with Crippen LogP contribution in [0.3, 0.4) is 0 Å². The van der Waals surface area contributed by atoms with Crippen LogP contribution in [0, 0.1) is 0 Å². The summed E-state index contributed by atoms with van der Waals surface area (Å²) in [6.45, 7) is 1.02. The van der Waals surface area contributed by atoms with Crippen LogP contribution in [0.4, 0.5) is 0 Å². The molecule has 0 aliphatic rings. The number of hydrogen-bond donors (Lipinski definition) is 1. The monoisotopic (exact) mass is 370 g/mol. The largest absolute Gasteiger partial charge is 0.487 e. The summed E-state index contributed by atoms with van der Waals surface area (Å²) >= 11 is 3.26. The van der Waals surface area contributed by atoms with Crippen LogP contribution >= 0.6 is 23.1 Å². The van der Waals surface area contributed by atoms with Crippen LogP contribution in [0.2, 0.25) is 0 Å².